The van der Waals surface area contributed by atoms with Gasteiger partial charge in [0.05, 0.1) is 12.5 Å². The Labute approximate surface area is 201 Å². The first-order chi connectivity index (χ1) is 13.6. The summed E-state index contributed by atoms with van der Waals surface area (Å²) in [5.41, 5.74) is 1.36. The quantitative estimate of drug-likeness (QED) is 0.0788. The Kier molecular flexibility index (Phi) is 12.9. The van der Waals surface area contributed by atoms with E-state index in [4.69, 9.17) is 13.6 Å². The Hall–Kier alpha value is 0.0338. The minimum absolute atomic E-state index is 0.0315. The van der Waals surface area contributed by atoms with Crippen molar-refractivity contribution in [1.82, 2.24) is 0 Å². The third-order valence-electron chi connectivity index (χ3n) is 6.37. The average molecular weight is 569 g/mol. The molecule has 0 N–H and O–H groups in total. The van der Waals surface area contributed by atoms with Gasteiger partial charge in [0.2, 0.25) is 8.32 Å². The van der Waals surface area contributed by atoms with Crippen molar-refractivity contribution in [2.75, 3.05) is 6.79 Å². The summed E-state index contributed by atoms with van der Waals surface area (Å²) >= 11 is 2.17. The molecule has 0 heterocycles. The van der Waals surface area contributed by atoms with Crippen LogP contribution in [0.25, 0.3) is 0 Å². The molecule has 0 aromatic heterocycles. The highest BCUT2D eigenvalue weighted by atomic mass is 127. The smallest absolute Gasteiger partial charge is 0.310 e. The number of carbonyl (C=O) groups is 1. The van der Waals surface area contributed by atoms with Crippen LogP contribution in [0.5, 0.6) is 0 Å². The van der Waals surface area contributed by atoms with E-state index < -0.39 is 16.6 Å². The van der Waals surface area contributed by atoms with E-state index in [2.05, 4.69) is 98.0 Å². The Bertz CT molecular complexity index is 556. The molecular weight excluding hydrogens is 523 g/mol. The fourth-order valence-electron chi connectivity index (χ4n) is 3.85. The highest BCUT2D eigenvalue weighted by Gasteiger charge is 2.45. The summed E-state index contributed by atoms with van der Waals surface area (Å²) in [6, 6.07) is 0. The van der Waals surface area contributed by atoms with Crippen LogP contribution in [0.1, 0.15) is 68.7 Å². The van der Waals surface area contributed by atoms with Crippen molar-refractivity contribution < 1.29 is 18.4 Å². The summed E-state index contributed by atoms with van der Waals surface area (Å²) in [6.45, 7) is 24.4. The largest absolute Gasteiger partial charge is 0.439 e. The molecule has 4 nitrogen and oxygen atoms in total. The van der Waals surface area contributed by atoms with Crippen molar-refractivity contribution in [3.8, 4) is 0 Å². The molecule has 0 saturated heterocycles. The summed E-state index contributed by atoms with van der Waals surface area (Å²) in [6.07, 6.45) is 5.72. The summed E-state index contributed by atoms with van der Waals surface area (Å²) < 4.78 is 20.3. The number of esters is 1. The first-order valence-corrected chi connectivity index (χ1v) is 17.3. The molecule has 0 amide bonds. The molecule has 0 spiro atoms. The number of carbonyl (C=O) groups excluding carboxylic acids is 1. The minimum Gasteiger partial charge on any atom is -0.439 e. The Morgan fingerprint density at radius 3 is 1.87 bits per heavy atom. The van der Waals surface area contributed by atoms with E-state index in [1.165, 1.54) is 0 Å². The molecule has 30 heavy (non-hydrogen) atoms. The van der Waals surface area contributed by atoms with E-state index in [1.807, 2.05) is 22.3 Å². The Balaban J connectivity index is 5.17. The maximum Gasteiger partial charge on any atom is 0.310 e. The topological polar surface area (TPSA) is 44.8 Å². The predicted octanol–water partition coefficient (Wildman–Crippen LogP) is 7.96. The van der Waals surface area contributed by atoms with Gasteiger partial charge in [-0.1, -0.05) is 103 Å². The molecule has 0 aromatic carbocycles. The van der Waals surface area contributed by atoms with Gasteiger partial charge in [-0.2, -0.15) is 0 Å². The molecule has 0 aliphatic rings. The summed E-state index contributed by atoms with van der Waals surface area (Å²) in [5.74, 6) is -0.277. The van der Waals surface area contributed by atoms with E-state index in [1.54, 1.807) is 0 Å². The normalized spacial score (nSPS) is 15.2. The molecule has 0 radical (unpaired) electrons. The van der Waals surface area contributed by atoms with Gasteiger partial charge in [0, 0.05) is 0 Å². The Morgan fingerprint density at radius 2 is 1.47 bits per heavy atom. The molecule has 0 unspecified atom stereocenters. The lowest BCUT2D eigenvalue weighted by atomic mass is 10.2. The van der Waals surface area contributed by atoms with Gasteiger partial charge in [-0.25, -0.2) is 0 Å². The summed E-state index contributed by atoms with van der Waals surface area (Å²) in [5, 5.41) is 0.0716. The number of allylic oxidation sites excluding steroid dienone is 2. The molecule has 1 atom stereocenters. The van der Waals surface area contributed by atoms with E-state index in [-0.39, 0.29) is 30.3 Å². The Morgan fingerprint density at radius 1 is 0.967 bits per heavy atom. The number of hydrogen-bond donors (Lipinski definition) is 0. The van der Waals surface area contributed by atoms with E-state index in [9.17, 15) is 4.79 Å². The van der Waals surface area contributed by atoms with Crippen LogP contribution in [-0.4, -0.2) is 35.5 Å². The first-order valence-electron chi connectivity index (χ1n) is 11.0. The predicted molar refractivity (Wildman–Crippen MR) is 142 cm³/mol. The van der Waals surface area contributed by atoms with Crippen molar-refractivity contribution in [2.45, 2.75) is 110 Å². The zero-order chi connectivity index (χ0) is 23.8. The molecule has 0 saturated carbocycles. The fraction of sp³-hybridized carbons (Fsp3) is 0.783. The third kappa shape index (κ3) is 8.88. The second kappa shape index (κ2) is 12.9. The summed E-state index contributed by atoms with van der Waals surface area (Å²) in [4.78, 5) is 12.6. The van der Waals surface area contributed by atoms with Gasteiger partial charge in [-0.05, 0) is 38.8 Å². The van der Waals surface area contributed by atoms with Crippen molar-refractivity contribution >= 4 is 45.2 Å². The molecule has 0 bridgehead atoms. The van der Waals surface area contributed by atoms with Gasteiger partial charge < -0.3 is 13.6 Å². The van der Waals surface area contributed by atoms with Crippen molar-refractivity contribution in [2.24, 2.45) is 0 Å². The third-order valence-corrected chi connectivity index (χ3v) is 17.3. The lowest BCUT2D eigenvalue weighted by Crippen LogP contribution is -2.48. The molecule has 176 valence electrons. The maximum atomic E-state index is 12.6. The van der Waals surface area contributed by atoms with Crippen LogP contribution in [0.3, 0.4) is 0 Å². The van der Waals surface area contributed by atoms with E-state index >= 15 is 0 Å². The highest BCUT2D eigenvalue weighted by molar-refractivity contribution is 14.1. The van der Waals surface area contributed by atoms with Crippen LogP contribution in [0.2, 0.25) is 34.8 Å². The second-order valence-corrected chi connectivity index (χ2v) is 21.4. The van der Waals surface area contributed by atoms with Gasteiger partial charge >= 0.3 is 5.97 Å². The van der Waals surface area contributed by atoms with Crippen LogP contribution >= 0.6 is 22.6 Å². The van der Waals surface area contributed by atoms with Gasteiger partial charge in [-0.15, -0.1) is 0 Å². The fourth-order valence-corrected chi connectivity index (χ4v) is 10.6. The molecule has 0 aliphatic heterocycles. The van der Waals surface area contributed by atoms with Gasteiger partial charge in [0.15, 0.2) is 15.1 Å². The minimum atomic E-state index is -2.05. The van der Waals surface area contributed by atoms with E-state index in [0.717, 1.165) is 0 Å². The van der Waals surface area contributed by atoms with Crippen LogP contribution < -0.4 is 0 Å². The van der Waals surface area contributed by atoms with Crippen LogP contribution in [0.4, 0.5) is 0 Å². The van der Waals surface area contributed by atoms with Crippen molar-refractivity contribution in [1.29, 1.82) is 0 Å². The average Bonchev–Trinajstić information content (AvgIpc) is 2.56. The molecule has 0 aromatic rings. The number of halogens is 1. The van der Waals surface area contributed by atoms with Crippen LogP contribution in [0, 0.1) is 0 Å². The second-order valence-electron chi connectivity index (χ2n) is 10.4. The zero-order valence-electron chi connectivity index (χ0n) is 21.0. The first kappa shape index (κ1) is 30.0. The molecular formula is C23H45IO4Si2. The molecule has 0 rings (SSSR count). The highest BCUT2D eigenvalue weighted by Crippen LogP contribution is 2.42. The van der Waals surface area contributed by atoms with Crippen LogP contribution in [-0.2, 0) is 18.4 Å². The lowest BCUT2D eigenvalue weighted by Gasteiger charge is -2.41. The van der Waals surface area contributed by atoms with Gasteiger partial charge in [0.1, 0.15) is 0 Å². The van der Waals surface area contributed by atoms with E-state index in [0.29, 0.717) is 16.6 Å². The molecule has 7 heteroatoms. The van der Waals surface area contributed by atoms with Crippen LogP contribution in [0.15, 0.2) is 22.3 Å². The van der Waals surface area contributed by atoms with Gasteiger partial charge in [-0.3, -0.25) is 4.79 Å². The molecule has 0 aliphatic carbocycles. The standard InChI is InChI=1S/C23H45IO4Si2/c1-18(2)30(19(3)4,20(5)6)27-17-26-22(25)16-21(14-12-13-15-24)28-29(10,11)23(7,8)9/h12-15,18-21H,16-17H2,1-11H3/b14-12+,15-13+/t21-/m0/s1. The lowest BCUT2D eigenvalue weighted by molar-refractivity contribution is -0.152. The number of hydrogen-bond acceptors (Lipinski definition) is 4. The zero-order valence-corrected chi connectivity index (χ0v) is 25.2. The maximum absolute atomic E-state index is 12.6. The number of rotatable bonds is 12. The van der Waals surface area contributed by atoms with Gasteiger partial charge in [0.25, 0.3) is 0 Å². The summed E-state index contributed by atoms with van der Waals surface area (Å²) in [7, 11) is -4.06. The monoisotopic (exact) mass is 568 g/mol. The SMILES string of the molecule is CC(C)[Si](OCOC(=O)C[C@H](/C=C/C=C/I)O[Si](C)(C)C(C)(C)C)(C(C)C)C(C)C. The molecule has 0 fully saturated rings. The van der Waals surface area contributed by atoms with Crippen molar-refractivity contribution in [3.05, 3.63) is 22.3 Å². The number of ether oxygens (including phenoxy) is 1. The van der Waals surface area contributed by atoms with Crippen molar-refractivity contribution in [3.63, 3.8) is 0 Å².